The molecule has 3 rings (SSSR count). The molecule has 0 saturated carbocycles. The predicted octanol–water partition coefficient (Wildman–Crippen LogP) is 4.90. The number of sulfonamides is 1. The number of rotatable bonds is 8. The summed E-state index contributed by atoms with van der Waals surface area (Å²) in [6.45, 7) is 5.68. The average molecular weight is 439 g/mol. The van der Waals surface area contributed by atoms with Crippen molar-refractivity contribution in [2.45, 2.75) is 38.2 Å². The van der Waals surface area contributed by atoms with E-state index in [2.05, 4.69) is 10.0 Å². The summed E-state index contributed by atoms with van der Waals surface area (Å²) in [7, 11) is -3.73. The molecular formula is C24H26N2O4S. The van der Waals surface area contributed by atoms with Gasteiger partial charge in [-0.1, -0.05) is 37.3 Å². The fourth-order valence-corrected chi connectivity index (χ4v) is 4.08. The lowest BCUT2D eigenvalue weighted by molar-refractivity contribution is -0.122. The molecule has 162 valence electrons. The topological polar surface area (TPSA) is 84.5 Å². The minimum atomic E-state index is -3.73. The Morgan fingerprint density at radius 1 is 0.935 bits per heavy atom. The molecule has 0 bridgehead atoms. The molecule has 0 saturated heterocycles. The van der Waals surface area contributed by atoms with Gasteiger partial charge in [-0.15, -0.1) is 0 Å². The van der Waals surface area contributed by atoms with E-state index in [-0.39, 0.29) is 10.8 Å². The van der Waals surface area contributed by atoms with Crippen molar-refractivity contribution in [2.75, 3.05) is 10.0 Å². The molecule has 2 N–H and O–H groups in total. The maximum atomic E-state index is 12.6. The highest BCUT2D eigenvalue weighted by molar-refractivity contribution is 7.92. The van der Waals surface area contributed by atoms with E-state index in [1.807, 2.05) is 51.1 Å². The second kappa shape index (κ2) is 9.66. The van der Waals surface area contributed by atoms with Gasteiger partial charge in [0.05, 0.1) is 4.90 Å². The van der Waals surface area contributed by atoms with Crippen LogP contribution in [0, 0.1) is 13.8 Å². The Morgan fingerprint density at radius 2 is 1.65 bits per heavy atom. The number of benzene rings is 3. The van der Waals surface area contributed by atoms with Crippen LogP contribution in [0.15, 0.2) is 77.7 Å². The molecule has 0 spiro atoms. The number of carbonyl (C=O) groups is 1. The fourth-order valence-electron chi connectivity index (χ4n) is 3.03. The standard InChI is InChI=1S/C24H26N2O4S/c1-4-22(30-23-11-6-5-9-18(23)3)24(27)25-19-12-14-21(15-13-19)31(28,29)26-20-10-7-8-17(2)16-20/h5-16,22,26H,4H2,1-3H3,(H,25,27). The van der Waals surface area contributed by atoms with Crippen LogP contribution in [-0.4, -0.2) is 20.4 Å². The summed E-state index contributed by atoms with van der Waals surface area (Å²) in [6, 6.07) is 20.7. The average Bonchev–Trinajstić information content (AvgIpc) is 2.73. The Labute approximate surface area is 183 Å². The van der Waals surface area contributed by atoms with Crippen molar-refractivity contribution >= 4 is 27.3 Å². The van der Waals surface area contributed by atoms with Gasteiger partial charge in [0.25, 0.3) is 15.9 Å². The Hall–Kier alpha value is -3.32. The molecule has 7 heteroatoms. The van der Waals surface area contributed by atoms with E-state index < -0.39 is 16.1 Å². The summed E-state index contributed by atoms with van der Waals surface area (Å²) in [6.07, 6.45) is -0.167. The van der Waals surface area contributed by atoms with Gasteiger partial charge in [0.15, 0.2) is 6.10 Å². The lowest BCUT2D eigenvalue weighted by Crippen LogP contribution is -2.32. The second-order valence-corrected chi connectivity index (χ2v) is 8.95. The molecule has 3 aromatic carbocycles. The molecule has 0 aromatic heterocycles. The van der Waals surface area contributed by atoms with Crippen molar-refractivity contribution in [3.8, 4) is 5.75 Å². The van der Waals surface area contributed by atoms with Crippen LogP contribution >= 0.6 is 0 Å². The highest BCUT2D eigenvalue weighted by Gasteiger charge is 2.20. The number of para-hydroxylation sites is 1. The Morgan fingerprint density at radius 3 is 2.29 bits per heavy atom. The SMILES string of the molecule is CCC(Oc1ccccc1C)C(=O)Nc1ccc(S(=O)(=O)Nc2cccc(C)c2)cc1. The van der Waals surface area contributed by atoms with Crippen LogP contribution < -0.4 is 14.8 Å². The molecule has 0 aliphatic carbocycles. The van der Waals surface area contributed by atoms with E-state index in [0.29, 0.717) is 23.5 Å². The first-order chi connectivity index (χ1) is 14.8. The predicted molar refractivity (Wildman–Crippen MR) is 123 cm³/mol. The molecule has 1 atom stereocenters. The first-order valence-corrected chi connectivity index (χ1v) is 11.5. The first-order valence-electron chi connectivity index (χ1n) is 10.0. The second-order valence-electron chi connectivity index (χ2n) is 7.27. The zero-order chi connectivity index (χ0) is 22.4. The van der Waals surface area contributed by atoms with Crippen LogP contribution in [0.5, 0.6) is 5.75 Å². The van der Waals surface area contributed by atoms with E-state index in [1.54, 1.807) is 30.3 Å². The lowest BCUT2D eigenvalue weighted by Gasteiger charge is -2.18. The van der Waals surface area contributed by atoms with Gasteiger partial charge in [0.2, 0.25) is 0 Å². The largest absolute Gasteiger partial charge is 0.480 e. The van der Waals surface area contributed by atoms with Crippen molar-refractivity contribution in [3.05, 3.63) is 83.9 Å². The van der Waals surface area contributed by atoms with Gasteiger partial charge >= 0.3 is 0 Å². The number of nitrogens with one attached hydrogen (secondary N) is 2. The Kier molecular flexibility index (Phi) is 6.97. The van der Waals surface area contributed by atoms with E-state index >= 15 is 0 Å². The smallest absolute Gasteiger partial charge is 0.265 e. The van der Waals surface area contributed by atoms with Crippen LogP contribution in [0.2, 0.25) is 0 Å². The number of anilines is 2. The van der Waals surface area contributed by atoms with Crippen molar-refractivity contribution < 1.29 is 17.9 Å². The fraction of sp³-hybridized carbons (Fsp3) is 0.208. The summed E-state index contributed by atoms with van der Waals surface area (Å²) in [5.74, 6) is 0.368. The van der Waals surface area contributed by atoms with E-state index in [4.69, 9.17) is 4.74 Å². The molecule has 0 fully saturated rings. The van der Waals surface area contributed by atoms with E-state index in [0.717, 1.165) is 11.1 Å². The zero-order valence-electron chi connectivity index (χ0n) is 17.8. The molecule has 0 heterocycles. The normalized spacial score (nSPS) is 12.1. The third-order valence-electron chi connectivity index (χ3n) is 4.73. The van der Waals surface area contributed by atoms with Crippen LogP contribution in [0.25, 0.3) is 0 Å². The number of hydrogen-bond donors (Lipinski definition) is 2. The lowest BCUT2D eigenvalue weighted by atomic mass is 10.2. The molecule has 1 amide bonds. The van der Waals surface area contributed by atoms with Gasteiger partial charge in [-0.2, -0.15) is 0 Å². The summed E-state index contributed by atoms with van der Waals surface area (Å²) >= 11 is 0. The summed E-state index contributed by atoms with van der Waals surface area (Å²) in [5.41, 5.74) is 2.89. The van der Waals surface area contributed by atoms with E-state index in [1.165, 1.54) is 12.1 Å². The van der Waals surface area contributed by atoms with Gasteiger partial charge in [-0.25, -0.2) is 8.42 Å². The van der Waals surface area contributed by atoms with Crippen molar-refractivity contribution in [2.24, 2.45) is 0 Å². The summed E-state index contributed by atoms with van der Waals surface area (Å²) in [5, 5.41) is 2.79. The van der Waals surface area contributed by atoms with Crippen molar-refractivity contribution in [1.82, 2.24) is 0 Å². The van der Waals surface area contributed by atoms with E-state index in [9.17, 15) is 13.2 Å². The van der Waals surface area contributed by atoms with Crippen LogP contribution in [-0.2, 0) is 14.8 Å². The summed E-state index contributed by atoms with van der Waals surface area (Å²) < 4.78 is 33.7. The molecule has 1 unspecified atom stereocenters. The highest BCUT2D eigenvalue weighted by Crippen LogP contribution is 2.21. The molecule has 6 nitrogen and oxygen atoms in total. The maximum absolute atomic E-state index is 12.6. The molecule has 0 aliphatic heterocycles. The van der Waals surface area contributed by atoms with Crippen molar-refractivity contribution in [1.29, 1.82) is 0 Å². The van der Waals surface area contributed by atoms with Crippen LogP contribution in [0.4, 0.5) is 11.4 Å². The number of ether oxygens (including phenoxy) is 1. The number of hydrogen-bond acceptors (Lipinski definition) is 4. The Balaban J connectivity index is 1.67. The zero-order valence-corrected chi connectivity index (χ0v) is 18.6. The van der Waals surface area contributed by atoms with Crippen molar-refractivity contribution in [3.63, 3.8) is 0 Å². The number of carbonyl (C=O) groups excluding carboxylic acids is 1. The van der Waals surface area contributed by atoms with Gasteiger partial charge in [0, 0.05) is 11.4 Å². The van der Waals surface area contributed by atoms with Gasteiger partial charge in [0.1, 0.15) is 5.75 Å². The number of amides is 1. The minimum absolute atomic E-state index is 0.107. The minimum Gasteiger partial charge on any atom is -0.480 e. The molecule has 31 heavy (non-hydrogen) atoms. The highest BCUT2D eigenvalue weighted by atomic mass is 32.2. The third-order valence-corrected chi connectivity index (χ3v) is 6.13. The van der Waals surface area contributed by atoms with Crippen LogP contribution in [0.3, 0.4) is 0 Å². The first kappa shape index (κ1) is 22.4. The van der Waals surface area contributed by atoms with Gasteiger partial charge < -0.3 is 10.1 Å². The molecule has 0 aliphatic rings. The molecule has 3 aromatic rings. The molecular weight excluding hydrogens is 412 g/mol. The number of aryl methyl sites for hydroxylation is 2. The Bertz CT molecular complexity index is 1160. The third kappa shape index (κ3) is 5.86. The van der Waals surface area contributed by atoms with Crippen LogP contribution in [0.1, 0.15) is 24.5 Å². The summed E-state index contributed by atoms with van der Waals surface area (Å²) in [4.78, 5) is 12.8. The molecule has 0 radical (unpaired) electrons. The monoisotopic (exact) mass is 438 g/mol. The van der Waals surface area contributed by atoms with Gasteiger partial charge in [-0.3, -0.25) is 9.52 Å². The quantitative estimate of drug-likeness (QED) is 0.524. The van der Waals surface area contributed by atoms with Gasteiger partial charge in [-0.05, 0) is 73.9 Å². The maximum Gasteiger partial charge on any atom is 0.265 e.